The van der Waals surface area contributed by atoms with Gasteiger partial charge in [-0.15, -0.1) is 0 Å². The number of amides is 1. The van der Waals surface area contributed by atoms with Gasteiger partial charge in [0, 0.05) is 12.6 Å². The van der Waals surface area contributed by atoms with Crippen molar-refractivity contribution in [1.29, 1.82) is 0 Å². The average Bonchev–Trinajstić information content (AvgIpc) is 2.25. The van der Waals surface area contributed by atoms with Crippen LogP contribution < -0.4 is 10.1 Å². The second-order valence-electron chi connectivity index (χ2n) is 4.06. The Labute approximate surface area is 98.8 Å². The molecule has 0 aliphatic carbocycles. The van der Waals surface area contributed by atoms with Crippen LogP contribution in [0.4, 0.5) is 8.78 Å². The number of halogens is 2. The molecule has 0 aromatic heterocycles. The van der Waals surface area contributed by atoms with E-state index < -0.39 is 11.6 Å². The Kier molecular flexibility index (Phi) is 4.87. The highest BCUT2D eigenvalue weighted by atomic mass is 19.1. The van der Waals surface area contributed by atoms with Gasteiger partial charge in [-0.25, -0.2) is 8.78 Å². The number of hydrogen-bond acceptors (Lipinski definition) is 2. The molecule has 1 amide bonds. The highest BCUT2D eigenvalue weighted by Gasteiger charge is 2.08. The summed E-state index contributed by atoms with van der Waals surface area (Å²) in [7, 11) is 0. The standard InChI is InChI=1S/C12H15F2NO2/c1-8(2)6-15-12(16)7-17-11-4-3-9(13)5-10(11)14/h3-5,8H,6-7H2,1-2H3,(H,15,16). The summed E-state index contributed by atoms with van der Waals surface area (Å²) in [5, 5.41) is 2.62. The number of ether oxygens (including phenoxy) is 1. The Morgan fingerprint density at radius 2 is 2.12 bits per heavy atom. The fourth-order valence-corrected chi connectivity index (χ4v) is 1.10. The van der Waals surface area contributed by atoms with Crippen molar-refractivity contribution < 1.29 is 18.3 Å². The lowest BCUT2D eigenvalue weighted by atomic mass is 10.2. The van der Waals surface area contributed by atoms with E-state index in [9.17, 15) is 13.6 Å². The minimum Gasteiger partial charge on any atom is -0.481 e. The molecule has 1 aromatic carbocycles. The first-order chi connectivity index (χ1) is 7.99. The quantitative estimate of drug-likeness (QED) is 0.860. The zero-order valence-corrected chi connectivity index (χ0v) is 9.80. The normalized spacial score (nSPS) is 10.4. The molecule has 0 saturated heterocycles. The lowest BCUT2D eigenvalue weighted by Gasteiger charge is -2.09. The Morgan fingerprint density at radius 1 is 1.41 bits per heavy atom. The van der Waals surface area contributed by atoms with Crippen molar-refractivity contribution in [3.8, 4) is 5.75 Å². The molecule has 0 saturated carbocycles. The van der Waals surface area contributed by atoms with Crippen molar-refractivity contribution >= 4 is 5.91 Å². The van der Waals surface area contributed by atoms with Gasteiger partial charge < -0.3 is 10.1 Å². The lowest BCUT2D eigenvalue weighted by molar-refractivity contribution is -0.123. The van der Waals surface area contributed by atoms with E-state index in [4.69, 9.17) is 4.74 Å². The predicted octanol–water partition coefficient (Wildman–Crippen LogP) is 2.12. The SMILES string of the molecule is CC(C)CNC(=O)COc1ccc(F)cc1F. The molecule has 0 fully saturated rings. The molecule has 94 valence electrons. The van der Waals surface area contributed by atoms with Crippen molar-refractivity contribution in [2.45, 2.75) is 13.8 Å². The molecule has 17 heavy (non-hydrogen) atoms. The van der Waals surface area contributed by atoms with Gasteiger partial charge in [-0.3, -0.25) is 4.79 Å². The monoisotopic (exact) mass is 243 g/mol. The van der Waals surface area contributed by atoms with Crippen LogP contribution in [0.25, 0.3) is 0 Å². The molecule has 0 unspecified atom stereocenters. The molecule has 1 rings (SSSR count). The van der Waals surface area contributed by atoms with Crippen LogP contribution in [0.15, 0.2) is 18.2 Å². The molecule has 1 N–H and O–H groups in total. The molecular formula is C12H15F2NO2. The largest absolute Gasteiger partial charge is 0.481 e. The van der Waals surface area contributed by atoms with Crippen LogP contribution in [0, 0.1) is 17.6 Å². The first-order valence-electron chi connectivity index (χ1n) is 5.33. The molecule has 0 bridgehead atoms. The van der Waals surface area contributed by atoms with E-state index in [1.165, 1.54) is 0 Å². The van der Waals surface area contributed by atoms with Crippen LogP contribution in [0.3, 0.4) is 0 Å². The van der Waals surface area contributed by atoms with Crippen molar-refractivity contribution in [3.05, 3.63) is 29.8 Å². The highest BCUT2D eigenvalue weighted by molar-refractivity contribution is 5.77. The number of hydrogen-bond donors (Lipinski definition) is 1. The van der Waals surface area contributed by atoms with Gasteiger partial charge in [0.25, 0.3) is 5.91 Å². The molecule has 0 heterocycles. The summed E-state index contributed by atoms with van der Waals surface area (Å²) >= 11 is 0. The van der Waals surface area contributed by atoms with Crippen molar-refractivity contribution in [2.24, 2.45) is 5.92 Å². The molecule has 0 aliphatic rings. The number of nitrogens with one attached hydrogen (secondary N) is 1. The van der Waals surface area contributed by atoms with Gasteiger partial charge in [0.2, 0.25) is 0 Å². The molecule has 0 radical (unpaired) electrons. The Hall–Kier alpha value is -1.65. The van der Waals surface area contributed by atoms with Crippen LogP contribution in [-0.4, -0.2) is 19.1 Å². The second kappa shape index (κ2) is 6.18. The smallest absolute Gasteiger partial charge is 0.257 e. The number of carbonyl (C=O) groups excluding carboxylic acids is 1. The third-order valence-electron chi connectivity index (χ3n) is 1.96. The molecular weight excluding hydrogens is 228 g/mol. The molecule has 5 heteroatoms. The summed E-state index contributed by atoms with van der Waals surface area (Å²) in [6.45, 7) is 4.17. The first kappa shape index (κ1) is 13.4. The van der Waals surface area contributed by atoms with E-state index in [2.05, 4.69) is 5.32 Å². The Balaban J connectivity index is 2.42. The van der Waals surface area contributed by atoms with E-state index in [1.54, 1.807) is 0 Å². The zero-order chi connectivity index (χ0) is 12.8. The van der Waals surface area contributed by atoms with Crippen LogP contribution >= 0.6 is 0 Å². The van der Waals surface area contributed by atoms with E-state index >= 15 is 0 Å². The van der Waals surface area contributed by atoms with E-state index in [1.807, 2.05) is 13.8 Å². The van der Waals surface area contributed by atoms with Gasteiger partial charge in [0.15, 0.2) is 18.2 Å². The van der Waals surface area contributed by atoms with E-state index in [0.29, 0.717) is 18.5 Å². The van der Waals surface area contributed by atoms with Gasteiger partial charge in [-0.1, -0.05) is 13.8 Å². The summed E-state index contributed by atoms with van der Waals surface area (Å²) in [5.74, 6) is -1.63. The van der Waals surface area contributed by atoms with Crippen LogP contribution in [-0.2, 0) is 4.79 Å². The van der Waals surface area contributed by atoms with Crippen molar-refractivity contribution in [3.63, 3.8) is 0 Å². The number of rotatable bonds is 5. The Bertz CT molecular complexity index is 394. The minimum atomic E-state index is -0.818. The van der Waals surface area contributed by atoms with E-state index in [-0.39, 0.29) is 18.3 Å². The molecule has 3 nitrogen and oxygen atoms in total. The minimum absolute atomic E-state index is 0.133. The lowest BCUT2D eigenvalue weighted by Crippen LogP contribution is -2.31. The number of carbonyl (C=O) groups is 1. The zero-order valence-electron chi connectivity index (χ0n) is 9.80. The summed E-state index contributed by atoms with van der Waals surface area (Å²) in [6.07, 6.45) is 0. The number of benzene rings is 1. The summed E-state index contributed by atoms with van der Waals surface area (Å²) in [4.78, 5) is 11.3. The van der Waals surface area contributed by atoms with Crippen molar-refractivity contribution in [1.82, 2.24) is 5.32 Å². The molecule has 0 spiro atoms. The van der Waals surface area contributed by atoms with Gasteiger partial charge >= 0.3 is 0 Å². The van der Waals surface area contributed by atoms with Crippen LogP contribution in [0.1, 0.15) is 13.8 Å². The summed E-state index contributed by atoms with van der Waals surface area (Å²) in [5.41, 5.74) is 0. The average molecular weight is 243 g/mol. The predicted molar refractivity (Wildman–Crippen MR) is 59.7 cm³/mol. The Morgan fingerprint density at radius 3 is 2.71 bits per heavy atom. The van der Waals surface area contributed by atoms with Crippen LogP contribution in [0.5, 0.6) is 5.75 Å². The topological polar surface area (TPSA) is 38.3 Å². The van der Waals surface area contributed by atoms with Gasteiger partial charge in [-0.05, 0) is 18.1 Å². The molecule has 0 atom stereocenters. The van der Waals surface area contributed by atoms with Gasteiger partial charge in [0.1, 0.15) is 5.82 Å². The summed E-state index contributed by atoms with van der Waals surface area (Å²) in [6, 6.07) is 2.94. The first-order valence-corrected chi connectivity index (χ1v) is 5.33. The van der Waals surface area contributed by atoms with Gasteiger partial charge in [-0.2, -0.15) is 0 Å². The summed E-state index contributed by atoms with van der Waals surface area (Å²) < 4.78 is 30.6. The van der Waals surface area contributed by atoms with Crippen LogP contribution in [0.2, 0.25) is 0 Å². The second-order valence-corrected chi connectivity index (χ2v) is 4.06. The maximum absolute atomic E-state index is 13.1. The molecule has 1 aromatic rings. The fraction of sp³-hybridized carbons (Fsp3) is 0.417. The third-order valence-corrected chi connectivity index (χ3v) is 1.96. The highest BCUT2D eigenvalue weighted by Crippen LogP contribution is 2.17. The molecule has 0 aliphatic heterocycles. The van der Waals surface area contributed by atoms with Crippen molar-refractivity contribution in [2.75, 3.05) is 13.2 Å². The fourth-order valence-electron chi connectivity index (χ4n) is 1.10. The van der Waals surface area contributed by atoms with E-state index in [0.717, 1.165) is 12.1 Å². The third kappa shape index (κ3) is 4.80. The maximum atomic E-state index is 13.1. The van der Waals surface area contributed by atoms with Gasteiger partial charge in [0.05, 0.1) is 0 Å². The maximum Gasteiger partial charge on any atom is 0.257 e.